The van der Waals surface area contributed by atoms with Gasteiger partial charge in [-0.25, -0.2) is 9.78 Å². The third-order valence-corrected chi connectivity index (χ3v) is 7.16. The number of fused-ring (bicyclic) bond motifs is 2. The average Bonchev–Trinajstić information content (AvgIpc) is 3.49. The van der Waals surface area contributed by atoms with E-state index in [0.717, 1.165) is 21.2 Å². The molecule has 10 nitrogen and oxygen atoms in total. The summed E-state index contributed by atoms with van der Waals surface area (Å²) >= 11 is 1.26. The van der Waals surface area contributed by atoms with Gasteiger partial charge in [-0.3, -0.25) is 23.6 Å². The molecule has 33 heavy (non-hydrogen) atoms. The summed E-state index contributed by atoms with van der Waals surface area (Å²) in [5.74, 6) is -0.440. The van der Waals surface area contributed by atoms with E-state index in [4.69, 9.17) is 4.84 Å². The molecule has 0 aliphatic carbocycles. The molecule has 5 heterocycles. The minimum absolute atomic E-state index is 0.0311. The van der Waals surface area contributed by atoms with E-state index in [-0.39, 0.29) is 23.6 Å². The Bertz CT molecular complexity index is 1510. The predicted octanol–water partition coefficient (Wildman–Crippen LogP) is 1.26. The number of H-pyrrole nitrogens is 1. The van der Waals surface area contributed by atoms with Crippen LogP contribution in [0.3, 0.4) is 0 Å². The zero-order chi connectivity index (χ0) is 23.4. The van der Waals surface area contributed by atoms with Gasteiger partial charge in [-0.05, 0) is 31.5 Å². The van der Waals surface area contributed by atoms with Crippen molar-refractivity contribution in [1.29, 1.82) is 0 Å². The van der Waals surface area contributed by atoms with Crippen LogP contribution in [0.25, 0.3) is 21.3 Å². The number of carbonyl (C=O) groups excluding carboxylic acids is 1. The minimum Gasteiger partial charge on any atom is -0.388 e. The molecule has 0 aromatic carbocycles. The fraction of sp³-hybridized carbons (Fsp3) is 0.364. The number of pyridine rings is 1. The lowest BCUT2D eigenvalue weighted by Crippen LogP contribution is -2.41. The molecule has 11 heteroatoms. The Hall–Kier alpha value is -3.12. The van der Waals surface area contributed by atoms with E-state index in [1.54, 1.807) is 6.20 Å². The Morgan fingerprint density at radius 1 is 1.39 bits per heavy atom. The SMILES string of the molecule is CC(C)n1c(=O)n(C)c(=O)c2c(C(=O)C3NOC[C@H]3O)c(Cc3c[nH]c4ncccc34)sc21. The Morgan fingerprint density at radius 2 is 2.18 bits per heavy atom. The average molecular weight is 470 g/mol. The maximum absolute atomic E-state index is 13.6. The smallest absolute Gasteiger partial charge is 0.332 e. The highest BCUT2D eigenvalue weighted by atomic mass is 32.1. The highest BCUT2D eigenvalue weighted by Gasteiger charge is 2.37. The molecule has 1 aliphatic rings. The van der Waals surface area contributed by atoms with Gasteiger partial charge in [-0.15, -0.1) is 11.3 Å². The van der Waals surface area contributed by atoms with Crippen LogP contribution in [0.5, 0.6) is 0 Å². The van der Waals surface area contributed by atoms with Crippen LogP contribution < -0.4 is 16.7 Å². The van der Waals surface area contributed by atoms with Crippen molar-refractivity contribution in [3.8, 4) is 0 Å². The van der Waals surface area contributed by atoms with Crippen LogP contribution in [0.2, 0.25) is 0 Å². The molecule has 0 saturated carbocycles. The summed E-state index contributed by atoms with van der Waals surface area (Å²) in [5, 5.41) is 11.4. The number of nitrogens with zero attached hydrogens (tertiary/aromatic N) is 3. The molecule has 4 aromatic heterocycles. The topological polar surface area (TPSA) is 131 Å². The second-order valence-corrected chi connectivity index (χ2v) is 9.50. The molecular formula is C22H23N5O5S. The lowest BCUT2D eigenvalue weighted by Gasteiger charge is -2.14. The van der Waals surface area contributed by atoms with E-state index in [9.17, 15) is 19.5 Å². The number of aliphatic hydroxyl groups excluding tert-OH is 1. The molecule has 4 aromatic rings. The lowest BCUT2D eigenvalue weighted by molar-refractivity contribution is 0.0713. The predicted molar refractivity (Wildman–Crippen MR) is 124 cm³/mol. The van der Waals surface area contributed by atoms with Crippen molar-refractivity contribution in [3.05, 3.63) is 61.4 Å². The minimum atomic E-state index is -1.04. The Balaban J connectivity index is 1.79. The number of aromatic nitrogens is 4. The summed E-state index contributed by atoms with van der Waals surface area (Å²) in [6.45, 7) is 3.68. The first-order valence-corrected chi connectivity index (χ1v) is 11.4. The van der Waals surface area contributed by atoms with Gasteiger partial charge in [0.05, 0.1) is 12.0 Å². The number of ketones is 1. The number of hydrogen-bond donors (Lipinski definition) is 3. The van der Waals surface area contributed by atoms with E-state index in [2.05, 4.69) is 15.4 Å². The van der Waals surface area contributed by atoms with E-state index in [0.29, 0.717) is 16.1 Å². The molecule has 0 spiro atoms. The molecule has 5 rings (SSSR count). The molecule has 1 saturated heterocycles. The van der Waals surface area contributed by atoms with Crippen molar-refractivity contribution < 1.29 is 14.7 Å². The molecule has 0 amide bonds. The van der Waals surface area contributed by atoms with Crippen LogP contribution in [-0.2, 0) is 18.3 Å². The summed E-state index contributed by atoms with van der Waals surface area (Å²) in [6.07, 6.45) is 2.83. The maximum atomic E-state index is 13.6. The normalized spacial score (nSPS) is 18.7. The number of thiophene rings is 1. The van der Waals surface area contributed by atoms with Crippen LogP contribution in [0, 0.1) is 0 Å². The molecule has 3 N–H and O–H groups in total. The number of rotatable bonds is 5. The molecule has 1 fully saturated rings. The van der Waals surface area contributed by atoms with E-state index >= 15 is 0 Å². The quantitative estimate of drug-likeness (QED) is 0.375. The number of Topliss-reactive ketones (excluding diaryl/α,β-unsaturated/α-hetero) is 1. The highest BCUT2D eigenvalue weighted by Crippen LogP contribution is 2.34. The molecule has 1 unspecified atom stereocenters. The number of aromatic amines is 1. The van der Waals surface area contributed by atoms with Gasteiger partial charge in [0.25, 0.3) is 5.56 Å². The molecule has 172 valence electrons. The Labute approximate surface area is 191 Å². The molecular weight excluding hydrogens is 446 g/mol. The monoisotopic (exact) mass is 469 g/mol. The fourth-order valence-electron chi connectivity index (χ4n) is 4.29. The summed E-state index contributed by atoms with van der Waals surface area (Å²) in [5.41, 5.74) is 3.44. The third-order valence-electron chi connectivity index (χ3n) is 5.98. The van der Waals surface area contributed by atoms with Crippen LogP contribution in [0.1, 0.15) is 40.7 Å². The summed E-state index contributed by atoms with van der Waals surface area (Å²) in [6, 6.07) is 2.54. The Morgan fingerprint density at radius 3 is 2.88 bits per heavy atom. The summed E-state index contributed by atoms with van der Waals surface area (Å²) in [7, 11) is 1.41. The zero-order valence-electron chi connectivity index (χ0n) is 18.3. The van der Waals surface area contributed by atoms with Gasteiger partial charge in [-0.2, -0.15) is 5.48 Å². The van der Waals surface area contributed by atoms with Crippen molar-refractivity contribution >= 4 is 38.4 Å². The van der Waals surface area contributed by atoms with E-state index in [1.807, 2.05) is 32.2 Å². The first-order valence-electron chi connectivity index (χ1n) is 10.6. The zero-order valence-corrected chi connectivity index (χ0v) is 19.1. The number of carbonyl (C=O) groups is 1. The van der Waals surface area contributed by atoms with Gasteiger partial charge < -0.3 is 10.1 Å². The molecule has 0 radical (unpaired) electrons. The number of hydrogen-bond acceptors (Lipinski definition) is 8. The van der Waals surface area contributed by atoms with Crippen LogP contribution in [0.15, 0.2) is 34.1 Å². The first kappa shape index (κ1) is 21.7. The highest BCUT2D eigenvalue weighted by molar-refractivity contribution is 7.19. The standard InChI is InChI=1S/C22H23N5O5S/c1-10(2)27-21-16(20(30)26(3)22(27)31)15(18(29)17-13(28)9-32-25-17)14(33-21)7-11-8-24-19-12(11)5-4-6-23-19/h4-6,8,10,13,17,25,28H,7,9H2,1-3H3,(H,23,24)/t13-,17?/m1/s1. The summed E-state index contributed by atoms with van der Waals surface area (Å²) in [4.78, 5) is 53.4. The first-order chi connectivity index (χ1) is 15.8. The van der Waals surface area contributed by atoms with Gasteiger partial charge in [0.2, 0.25) is 0 Å². The van der Waals surface area contributed by atoms with Crippen LogP contribution >= 0.6 is 11.3 Å². The lowest BCUT2D eigenvalue weighted by atomic mass is 9.97. The van der Waals surface area contributed by atoms with E-state index in [1.165, 1.54) is 23.0 Å². The molecule has 1 aliphatic heterocycles. The van der Waals surface area contributed by atoms with Gasteiger partial charge in [0.15, 0.2) is 5.78 Å². The molecule has 0 bridgehead atoms. The third kappa shape index (κ3) is 3.35. The second-order valence-electron chi connectivity index (χ2n) is 8.42. The van der Waals surface area contributed by atoms with Crippen LogP contribution in [-0.4, -0.2) is 48.7 Å². The van der Waals surface area contributed by atoms with E-state index < -0.39 is 29.2 Å². The summed E-state index contributed by atoms with van der Waals surface area (Å²) < 4.78 is 2.56. The van der Waals surface area contributed by atoms with Crippen LogP contribution in [0.4, 0.5) is 0 Å². The van der Waals surface area contributed by atoms with Crippen molar-refractivity contribution in [2.75, 3.05) is 6.61 Å². The van der Waals surface area contributed by atoms with Crippen molar-refractivity contribution in [2.24, 2.45) is 7.05 Å². The van der Waals surface area contributed by atoms with Gasteiger partial charge in [-0.1, -0.05) is 0 Å². The van der Waals surface area contributed by atoms with Crippen molar-refractivity contribution in [1.82, 2.24) is 24.6 Å². The number of nitrogens with one attached hydrogen (secondary N) is 2. The van der Waals surface area contributed by atoms with Gasteiger partial charge in [0.1, 0.15) is 22.6 Å². The second kappa shape index (κ2) is 8.03. The largest absolute Gasteiger partial charge is 0.388 e. The van der Waals surface area contributed by atoms with Gasteiger partial charge in [0, 0.05) is 47.7 Å². The Kier molecular flexibility index (Phi) is 5.28. The number of hydroxylamine groups is 1. The van der Waals surface area contributed by atoms with Crippen molar-refractivity contribution in [3.63, 3.8) is 0 Å². The van der Waals surface area contributed by atoms with Gasteiger partial charge >= 0.3 is 5.69 Å². The maximum Gasteiger partial charge on any atom is 0.332 e. The number of aliphatic hydroxyl groups is 1. The fourth-order valence-corrected chi connectivity index (χ4v) is 5.73. The van der Waals surface area contributed by atoms with Crippen molar-refractivity contribution in [2.45, 2.75) is 38.5 Å². The molecule has 2 atom stereocenters.